The number of benzene rings is 1. The predicted octanol–water partition coefficient (Wildman–Crippen LogP) is 2.00. The predicted molar refractivity (Wildman–Crippen MR) is 74.4 cm³/mol. The van der Waals surface area contributed by atoms with Crippen molar-refractivity contribution >= 4 is 27.6 Å². The SMILES string of the molecule is CN(C)C(=O)NCCNc1ccc(Br)cc1C#N. The van der Waals surface area contributed by atoms with Crippen LogP contribution < -0.4 is 10.6 Å². The summed E-state index contributed by atoms with van der Waals surface area (Å²) in [6, 6.07) is 7.43. The molecule has 0 bridgehead atoms. The molecule has 0 fully saturated rings. The highest BCUT2D eigenvalue weighted by Crippen LogP contribution is 2.19. The summed E-state index contributed by atoms with van der Waals surface area (Å²) in [5, 5.41) is 14.8. The van der Waals surface area contributed by atoms with Crippen LogP contribution >= 0.6 is 15.9 Å². The van der Waals surface area contributed by atoms with Gasteiger partial charge in [-0.2, -0.15) is 5.26 Å². The molecule has 2 amide bonds. The number of rotatable bonds is 4. The van der Waals surface area contributed by atoms with E-state index in [1.54, 1.807) is 20.2 Å². The van der Waals surface area contributed by atoms with Crippen LogP contribution in [0.15, 0.2) is 22.7 Å². The fraction of sp³-hybridized carbons (Fsp3) is 0.333. The summed E-state index contributed by atoms with van der Waals surface area (Å²) in [4.78, 5) is 12.7. The lowest BCUT2D eigenvalue weighted by Gasteiger charge is -2.13. The number of nitrogens with one attached hydrogen (secondary N) is 2. The third-order valence-electron chi connectivity index (χ3n) is 2.22. The molecule has 0 saturated heterocycles. The van der Waals surface area contributed by atoms with E-state index in [-0.39, 0.29) is 6.03 Å². The van der Waals surface area contributed by atoms with E-state index >= 15 is 0 Å². The zero-order valence-corrected chi connectivity index (χ0v) is 11.9. The first-order chi connectivity index (χ1) is 8.54. The Kier molecular flexibility index (Phi) is 5.46. The average molecular weight is 311 g/mol. The molecule has 0 aliphatic carbocycles. The molecule has 0 atom stereocenters. The van der Waals surface area contributed by atoms with Gasteiger partial charge in [0.25, 0.3) is 0 Å². The number of halogens is 1. The summed E-state index contributed by atoms with van der Waals surface area (Å²) in [7, 11) is 3.37. The first-order valence-electron chi connectivity index (χ1n) is 5.43. The molecule has 1 aromatic carbocycles. The van der Waals surface area contributed by atoms with Gasteiger partial charge in [0.15, 0.2) is 0 Å². The number of nitriles is 1. The number of carbonyl (C=O) groups is 1. The second-order valence-corrected chi connectivity index (χ2v) is 4.77. The largest absolute Gasteiger partial charge is 0.382 e. The van der Waals surface area contributed by atoms with Crippen LogP contribution in [0.1, 0.15) is 5.56 Å². The molecular formula is C12H15BrN4O. The molecule has 0 aliphatic rings. The molecule has 2 N–H and O–H groups in total. The summed E-state index contributed by atoms with van der Waals surface area (Å²) in [6.45, 7) is 1.06. The fourth-order valence-corrected chi connectivity index (χ4v) is 1.65. The second kappa shape index (κ2) is 6.87. The van der Waals surface area contributed by atoms with Gasteiger partial charge in [-0.1, -0.05) is 15.9 Å². The first-order valence-corrected chi connectivity index (χ1v) is 6.22. The van der Waals surface area contributed by atoms with Crippen molar-refractivity contribution in [3.8, 4) is 6.07 Å². The molecule has 6 heteroatoms. The monoisotopic (exact) mass is 310 g/mol. The molecule has 0 heterocycles. The molecule has 0 aromatic heterocycles. The third-order valence-corrected chi connectivity index (χ3v) is 2.72. The molecule has 0 spiro atoms. The zero-order valence-electron chi connectivity index (χ0n) is 10.3. The van der Waals surface area contributed by atoms with Crippen LogP contribution in [0, 0.1) is 11.3 Å². The highest BCUT2D eigenvalue weighted by molar-refractivity contribution is 9.10. The minimum Gasteiger partial charge on any atom is -0.382 e. The fourth-order valence-electron chi connectivity index (χ4n) is 1.29. The van der Waals surface area contributed by atoms with E-state index in [2.05, 4.69) is 32.6 Å². The van der Waals surface area contributed by atoms with E-state index in [0.29, 0.717) is 18.7 Å². The molecular weight excluding hydrogens is 296 g/mol. The van der Waals surface area contributed by atoms with Crippen LogP contribution in [0.5, 0.6) is 0 Å². The van der Waals surface area contributed by atoms with Crippen molar-refractivity contribution in [2.45, 2.75) is 0 Å². The summed E-state index contributed by atoms with van der Waals surface area (Å²) in [5.74, 6) is 0. The Morgan fingerprint density at radius 3 is 2.78 bits per heavy atom. The third kappa shape index (κ3) is 4.26. The van der Waals surface area contributed by atoms with Crippen molar-refractivity contribution in [2.24, 2.45) is 0 Å². The number of amides is 2. The lowest BCUT2D eigenvalue weighted by Crippen LogP contribution is -2.37. The lowest BCUT2D eigenvalue weighted by molar-refractivity contribution is 0.218. The number of hydrogen-bond donors (Lipinski definition) is 2. The smallest absolute Gasteiger partial charge is 0.316 e. The maximum absolute atomic E-state index is 11.3. The molecule has 1 aromatic rings. The number of nitrogens with zero attached hydrogens (tertiary/aromatic N) is 2. The minimum atomic E-state index is -0.131. The van der Waals surface area contributed by atoms with Crippen LogP contribution in [-0.4, -0.2) is 38.1 Å². The van der Waals surface area contributed by atoms with Gasteiger partial charge >= 0.3 is 6.03 Å². The quantitative estimate of drug-likeness (QED) is 0.836. The summed E-state index contributed by atoms with van der Waals surface area (Å²) >= 11 is 3.31. The Balaban J connectivity index is 2.45. The van der Waals surface area contributed by atoms with Crippen molar-refractivity contribution in [3.05, 3.63) is 28.2 Å². The van der Waals surface area contributed by atoms with E-state index in [1.807, 2.05) is 12.1 Å². The standard InChI is InChI=1S/C12H15BrN4O/c1-17(2)12(18)16-6-5-15-11-4-3-10(13)7-9(11)8-14/h3-4,7,15H,5-6H2,1-2H3,(H,16,18). The molecule has 18 heavy (non-hydrogen) atoms. The molecule has 96 valence electrons. The van der Waals surface area contributed by atoms with Crippen LogP contribution in [0.25, 0.3) is 0 Å². The van der Waals surface area contributed by atoms with Crippen molar-refractivity contribution in [1.29, 1.82) is 5.26 Å². The van der Waals surface area contributed by atoms with Crippen molar-refractivity contribution in [3.63, 3.8) is 0 Å². The van der Waals surface area contributed by atoms with Gasteiger partial charge in [-0.3, -0.25) is 0 Å². The van der Waals surface area contributed by atoms with Gasteiger partial charge < -0.3 is 15.5 Å². The van der Waals surface area contributed by atoms with E-state index in [4.69, 9.17) is 5.26 Å². The number of hydrogen-bond acceptors (Lipinski definition) is 3. The van der Waals surface area contributed by atoms with Gasteiger partial charge in [0.1, 0.15) is 6.07 Å². The van der Waals surface area contributed by atoms with Crippen LogP contribution in [0.4, 0.5) is 10.5 Å². The maximum atomic E-state index is 11.3. The van der Waals surface area contributed by atoms with Gasteiger partial charge in [-0.05, 0) is 18.2 Å². The van der Waals surface area contributed by atoms with Gasteiger partial charge in [0.05, 0.1) is 11.3 Å². The lowest BCUT2D eigenvalue weighted by atomic mass is 10.2. The number of carbonyl (C=O) groups excluding carboxylic acids is 1. The van der Waals surface area contributed by atoms with Crippen LogP contribution in [0.2, 0.25) is 0 Å². The van der Waals surface area contributed by atoms with Gasteiger partial charge in [0, 0.05) is 31.7 Å². The van der Waals surface area contributed by atoms with Crippen LogP contribution in [0.3, 0.4) is 0 Å². The minimum absolute atomic E-state index is 0.131. The molecule has 5 nitrogen and oxygen atoms in total. The molecule has 0 saturated carbocycles. The van der Waals surface area contributed by atoms with Crippen molar-refractivity contribution in [1.82, 2.24) is 10.2 Å². The molecule has 0 aliphatic heterocycles. The number of urea groups is 1. The van der Waals surface area contributed by atoms with E-state index in [9.17, 15) is 4.79 Å². The highest BCUT2D eigenvalue weighted by atomic mass is 79.9. The summed E-state index contributed by atoms with van der Waals surface area (Å²) < 4.78 is 0.866. The average Bonchev–Trinajstić information content (AvgIpc) is 2.35. The Labute approximate surface area is 115 Å². The van der Waals surface area contributed by atoms with Gasteiger partial charge in [-0.15, -0.1) is 0 Å². The normalized spacial score (nSPS) is 9.44. The van der Waals surface area contributed by atoms with Crippen LogP contribution in [-0.2, 0) is 0 Å². The zero-order chi connectivity index (χ0) is 13.5. The Morgan fingerprint density at radius 2 is 2.17 bits per heavy atom. The van der Waals surface area contributed by atoms with E-state index < -0.39 is 0 Å². The van der Waals surface area contributed by atoms with Gasteiger partial charge in [-0.25, -0.2) is 4.79 Å². The van der Waals surface area contributed by atoms with Gasteiger partial charge in [0.2, 0.25) is 0 Å². The van der Waals surface area contributed by atoms with Crippen molar-refractivity contribution < 1.29 is 4.79 Å². The topological polar surface area (TPSA) is 68.2 Å². The van der Waals surface area contributed by atoms with E-state index in [0.717, 1.165) is 10.2 Å². The Bertz CT molecular complexity index is 468. The molecule has 1 rings (SSSR count). The summed E-state index contributed by atoms with van der Waals surface area (Å²) in [5.41, 5.74) is 1.34. The Morgan fingerprint density at radius 1 is 1.44 bits per heavy atom. The summed E-state index contributed by atoms with van der Waals surface area (Å²) in [6.07, 6.45) is 0. The number of anilines is 1. The first kappa shape index (κ1) is 14.3. The second-order valence-electron chi connectivity index (χ2n) is 3.85. The van der Waals surface area contributed by atoms with E-state index in [1.165, 1.54) is 4.90 Å². The molecule has 0 unspecified atom stereocenters. The highest BCUT2D eigenvalue weighted by Gasteiger charge is 2.03. The van der Waals surface area contributed by atoms with Crippen molar-refractivity contribution in [2.75, 3.05) is 32.5 Å². The molecule has 0 radical (unpaired) electrons. The Hall–Kier alpha value is -1.74. The maximum Gasteiger partial charge on any atom is 0.316 e.